The van der Waals surface area contributed by atoms with Crippen LogP contribution in [0.1, 0.15) is 11.1 Å². The van der Waals surface area contributed by atoms with Gasteiger partial charge in [0.15, 0.2) is 0 Å². The van der Waals surface area contributed by atoms with E-state index in [4.69, 9.17) is 4.98 Å². The van der Waals surface area contributed by atoms with E-state index < -0.39 is 0 Å². The molecule has 0 spiro atoms. The minimum absolute atomic E-state index is 1.02. The van der Waals surface area contributed by atoms with E-state index in [0.717, 1.165) is 17.6 Å². The molecule has 0 bridgehead atoms. The highest BCUT2D eigenvalue weighted by Crippen LogP contribution is 2.37. The monoisotopic (exact) mass is 256 g/mol. The van der Waals surface area contributed by atoms with Crippen molar-refractivity contribution in [3.8, 4) is 11.1 Å². The van der Waals surface area contributed by atoms with Gasteiger partial charge in [0, 0.05) is 11.8 Å². The number of hydrogen-bond acceptors (Lipinski definition) is 1. The zero-order valence-electron chi connectivity index (χ0n) is 10.9. The fourth-order valence-electron chi connectivity index (χ4n) is 3.28. The molecular weight excluding hydrogens is 244 g/mol. The number of nitrogens with zero attached hydrogens (tertiary/aromatic N) is 2. The van der Waals surface area contributed by atoms with Crippen LogP contribution >= 0.6 is 0 Å². The van der Waals surface area contributed by atoms with Crippen LogP contribution < -0.4 is 0 Å². The highest BCUT2D eigenvalue weighted by molar-refractivity contribution is 5.84. The summed E-state index contributed by atoms with van der Waals surface area (Å²) in [5, 5.41) is 0. The van der Waals surface area contributed by atoms with Crippen LogP contribution in [0.2, 0.25) is 0 Å². The molecule has 2 aromatic carbocycles. The molecule has 0 saturated heterocycles. The van der Waals surface area contributed by atoms with Gasteiger partial charge in [-0.1, -0.05) is 36.4 Å². The molecule has 20 heavy (non-hydrogen) atoms. The third kappa shape index (κ3) is 1.21. The summed E-state index contributed by atoms with van der Waals surface area (Å²) in [6, 6.07) is 19.2. The first-order valence-electron chi connectivity index (χ1n) is 6.88. The van der Waals surface area contributed by atoms with Crippen LogP contribution in [-0.4, -0.2) is 9.38 Å². The number of imidazole rings is 1. The summed E-state index contributed by atoms with van der Waals surface area (Å²) in [7, 11) is 0. The van der Waals surface area contributed by atoms with E-state index >= 15 is 0 Å². The van der Waals surface area contributed by atoms with Crippen molar-refractivity contribution < 1.29 is 0 Å². The molecule has 2 heteroatoms. The third-order valence-corrected chi connectivity index (χ3v) is 4.22. The van der Waals surface area contributed by atoms with Crippen LogP contribution in [-0.2, 0) is 6.42 Å². The Bertz CT molecular complexity index is 979. The van der Waals surface area contributed by atoms with Crippen molar-refractivity contribution in [3.05, 3.63) is 71.9 Å². The molecular formula is C18H12N2. The molecule has 0 amide bonds. The summed E-state index contributed by atoms with van der Waals surface area (Å²) in [6.45, 7) is 0. The van der Waals surface area contributed by atoms with Crippen LogP contribution in [0.5, 0.6) is 0 Å². The molecule has 0 radical (unpaired) electrons. The molecule has 0 atom stereocenters. The van der Waals surface area contributed by atoms with Gasteiger partial charge in [-0.2, -0.15) is 0 Å². The second-order valence-corrected chi connectivity index (χ2v) is 5.37. The highest BCUT2D eigenvalue weighted by Gasteiger charge is 2.19. The predicted octanol–water partition coefficient (Wildman–Crippen LogP) is 4.06. The topological polar surface area (TPSA) is 17.3 Å². The first-order valence-corrected chi connectivity index (χ1v) is 6.88. The lowest BCUT2D eigenvalue weighted by molar-refractivity contribution is 1.19. The zero-order valence-corrected chi connectivity index (χ0v) is 10.9. The fourth-order valence-corrected chi connectivity index (χ4v) is 3.28. The number of rotatable bonds is 0. The average Bonchev–Trinajstić information content (AvgIpc) is 3.02. The maximum absolute atomic E-state index is 4.72. The first kappa shape index (κ1) is 10.2. The van der Waals surface area contributed by atoms with Crippen LogP contribution in [0.15, 0.2) is 60.8 Å². The van der Waals surface area contributed by atoms with E-state index in [1.165, 1.54) is 27.8 Å². The van der Waals surface area contributed by atoms with Gasteiger partial charge in [-0.25, -0.2) is 4.98 Å². The van der Waals surface area contributed by atoms with E-state index in [1.807, 2.05) is 6.07 Å². The number of aromatic nitrogens is 2. The van der Waals surface area contributed by atoms with Gasteiger partial charge in [-0.05, 0) is 41.3 Å². The minimum Gasteiger partial charge on any atom is -0.299 e. The summed E-state index contributed by atoms with van der Waals surface area (Å²) in [5.41, 5.74) is 8.78. The molecule has 2 heterocycles. The third-order valence-electron chi connectivity index (χ3n) is 4.22. The van der Waals surface area contributed by atoms with Crippen molar-refractivity contribution in [1.82, 2.24) is 9.38 Å². The highest BCUT2D eigenvalue weighted by atomic mass is 15.0. The molecule has 1 aliphatic carbocycles. The van der Waals surface area contributed by atoms with Gasteiger partial charge >= 0.3 is 0 Å². The van der Waals surface area contributed by atoms with E-state index in [-0.39, 0.29) is 0 Å². The largest absolute Gasteiger partial charge is 0.299 e. The van der Waals surface area contributed by atoms with Crippen molar-refractivity contribution >= 4 is 16.7 Å². The second-order valence-electron chi connectivity index (χ2n) is 5.37. The molecule has 0 fully saturated rings. The average molecular weight is 256 g/mol. The van der Waals surface area contributed by atoms with Gasteiger partial charge in [0.1, 0.15) is 5.65 Å². The van der Waals surface area contributed by atoms with Gasteiger partial charge in [-0.3, -0.25) is 4.40 Å². The normalized spacial score (nSPS) is 12.8. The zero-order chi connectivity index (χ0) is 13.1. The summed E-state index contributed by atoms with van der Waals surface area (Å²) in [5.74, 6) is 0. The Labute approximate surface area is 116 Å². The Morgan fingerprint density at radius 1 is 0.850 bits per heavy atom. The quantitative estimate of drug-likeness (QED) is 0.408. The molecule has 0 aliphatic heterocycles. The lowest BCUT2D eigenvalue weighted by Crippen LogP contribution is -1.88. The summed E-state index contributed by atoms with van der Waals surface area (Å²) in [6.07, 6.45) is 3.26. The Hall–Kier alpha value is -2.61. The second kappa shape index (κ2) is 3.48. The first-order chi connectivity index (χ1) is 9.90. The van der Waals surface area contributed by atoms with Crippen molar-refractivity contribution in [2.45, 2.75) is 6.42 Å². The minimum atomic E-state index is 1.02. The van der Waals surface area contributed by atoms with Crippen molar-refractivity contribution in [1.29, 1.82) is 0 Å². The molecule has 5 rings (SSSR count). The van der Waals surface area contributed by atoms with Crippen molar-refractivity contribution in [3.63, 3.8) is 0 Å². The van der Waals surface area contributed by atoms with Gasteiger partial charge in [0.2, 0.25) is 0 Å². The summed E-state index contributed by atoms with van der Waals surface area (Å²) >= 11 is 0. The lowest BCUT2D eigenvalue weighted by atomic mass is 10.1. The standard InChI is InChI=1S/C18H12N2/c1-2-6-14-12(5-1)9-13-10-18-19-16-7-3-4-8-17(16)20(18)11-15(13)14/h1-8,10-11H,9H2. The van der Waals surface area contributed by atoms with Gasteiger partial charge in [0.05, 0.1) is 11.0 Å². The molecule has 2 nitrogen and oxygen atoms in total. The van der Waals surface area contributed by atoms with Crippen LogP contribution in [0, 0.1) is 0 Å². The Morgan fingerprint density at radius 3 is 2.70 bits per heavy atom. The van der Waals surface area contributed by atoms with Gasteiger partial charge in [-0.15, -0.1) is 0 Å². The van der Waals surface area contributed by atoms with Crippen LogP contribution in [0.25, 0.3) is 27.8 Å². The number of para-hydroxylation sites is 2. The molecule has 1 aliphatic rings. The summed E-state index contributed by atoms with van der Waals surface area (Å²) in [4.78, 5) is 4.72. The number of benzene rings is 2. The van der Waals surface area contributed by atoms with Crippen molar-refractivity contribution in [2.75, 3.05) is 0 Å². The van der Waals surface area contributed by atoms with Crippen LogP contribution in [0.4, 0.5) is 0 Å². The SMILES string of the molecule is c1ccc2c(c1)Cc1cc3nc4ccccc4n3cc1-2. The predicted molar refractivity (Wildman–Crippen MR) is 80.9 cm³/mol. The molecule has 0 N–H and O–H groups in total. The summed E-state index contributed by atoms with van der Waals surface area (Å²) < 4.78 is 2.20. The van der Waals surface area contributed by atoms with E-state index in [2.05, 4.69) is 59.1 Å². The Kier molecular flexibility index (Phi) is 1.78. The van der Waals surface area contributed by atoms with Gasteiger partial charge < -0.3 is 0 Å². The maximum atomic E-state index is 4.72. The molecule has 2 aromatic heterocycles. The van der Waals surface area contributed by atoms with E-state index in [0.29, 0.717) is 0 Å². The molecule has 94 valence electrons. The molecule has 0 saturated carbocycles. The lowest BCUT2D eigenvalue weighted by Gasteiger charge is -2.03. The number of pyridine rings is 1. The van der Waals surface area contributed by atoms with E-state index in [9.17, 15) is 0 Å². The number of fused-ring (bicyclic) bond motifs is 6. The van der Waals surface area contributed by atoms with Gasteiger partial charge in [0.25, 0.3) is 0 Å². The smallest absolute Gasteiger partial charge is 0.138 e. The van der Waals surface area contributed by atoms with Crippen LogP contribution in [0.3, 0.4) is 0 Å². The molecule has 4 aromatic rings. The Balaban J connectivity index is 1.91. The van der Waals surface area contributed by atoms with E-state index in [1.54, 1.807) is 0 Å². The Morgan fingerprint density at radius 2 is 1.70 bits per heavy atom. The number of hydrogen-bond donors (Lipinski definition) is 0. The fraction of sp³-hybridized carbons (Fsp3) is 0.0556. The molecule has 0 unspecified atom stereocenters. The van der Waals surface area contributed by atoms with Crippen molar-refractivity contribution in [2.24, 2.45) is 0 Å². The maximum Gasteiger partial charge on any atom is 0.138 e.